The first kappa shape index (κ1) is 18.3. The lowest BCUT2D eigenvalue weighted by Crippen LogP contribution is -2.36. The number of anilines is 1. The summed E-state index contributed by atoms with van der Waals surface area (Å²) in [5.74, 6) is -0.154. The number of nitrogens with zero attached hydrogens (tertiary/aromatic N) is 2. The van der Waals surface area contributed by atoms with Crippen molar-refractivity contribution in [1.82, 2.24) is 9.88 Å². The number of aromatic nitrogens is 1. The van der Waals surface area contributed by atoms with E-state index in [1.165, 1.54) is 11.3 Å². The van der Waals surface area contributed by atoms with Crippen molar-refractivity contribution in [2.24, 2.45) is 5.73 Å². The van der Waals surface area contributed by atoms with Crippen molar-refractivity contribution >= 4 is 34.8 Å². The molecule has 1 atom stereocenters. The number of nitrogens with one attached hydrogen (secondary N) is 1. The summed E-state index contributed by atoms with van der Waals surface area (Å²) < 4.78 is 5.31. The number of thiazole rings is 1. The molecule has 6 nitrogen and oxygen atoms in total. The van der Waals surface area contributed by atoms with Crippen LogP contribution in [0.3, 0.4) is 0 Å². The van der Waals surface area contributed by atoms with Gasteiger partial charge in [0.1, 0.15) is 0 Å². The van der Waals surface area contributed by atoms with Gasteiger partial charge in [-0.25, -0.2) is 4.98 Å². The van der Waals surface area contributed by atoms with E-state index in [0.29, 0.717) is 11.6 Å². The van der Waals surface area contributed by atoms with Crippen molar-refractivity contribution in [2.45, 2.75) is 32.4 Å². The summed E-state index contributed by atoms with van der Waals surface area (Å²) in [6, 6.07) is -0.452. The smallest absolute Gasteiger partial charge is 0.243 e. The molecule has 2 heterocycles. The van der Waals surface area contributed by atoms with E-state index < -0.39 is 6.04 Å². The van der Waals surface area contributed by atoms with Gasteiger partial charge in [-0.1, -0.05) is 13.3 Å². The second-order valence-corrected chi connectivity index (χ2v) is 5.78. The molecule has 1 aromatic heterocycles. The van der Waals surface area contributed by atoms with Crippen LogP contribution >= 0.6 is 23.7 Å². The fourth-order valence-electron chi connectivity index (χ4n) is 2.07. The Bertz CT molecular complexity index is 438. The van der Waals surface area contributed by atoms with Crippen LogP contribution in [0.2, 0.25) is 0 Å². The van der Waals surface area contributed by atoms with Gasteiger partial charge in [-0.05, 0) is 6.42 Å². The first-order valence-corrected chi connectivity index (χ1v) is 7.88. The number of nitrogens with two attached hydrogens (primary N) is 1. The molecule has 0 aliphatic carbocycles. The molecule has 1 fully saturated rings. The van der Waals surface area contributed by atoms with Crippen LogP contribution in [-0.2, 0) is 16.1 Å². The third-order valence-corrected chi connectivity index (χ3v) is 4.01. The minimum Gasteiger partial charge on any atom is -0.379 e. The van der Waals surface area contributed by atoms with E-state index in [4.69, 9.17) is 10.5 Å². The first-order valence-electron chi connectivity index (χ1n) is 7.00. The molecule has 1 aliphatic heterocycles. The quantitative estimate of drug-likeness (QED) is 0.823. The Kier molecular flexibility index (Phi) is 8.13. The maximum atomic E-state index is 11.8. The number of carbonyl (C=O) groups is 1. The van der Waals surface area contributed by atoms with Gasteiger partial charge in [0.15, 0.2) is 5.13 Å². The molecule has 2 rings (SSSR count). The van der Waals surface area contributed by atoms with Crippen LogP contribution in [0.4, 0.5) is 5.13 Å². The second-order valence-electron chi connectivity index (χ2n) is 4.92. The van der Waals surface area contributed by atoms with Gasteiger partial charge in [0.2, 0.25) is 5.91 Å². The Morgan fingerprint density at radius 1 is 1.57 bits per heavy atom. The molecule has 1 unspecified atom stereocenters. The van der Waals surface area contributed by atoms with Crippen LogP contribution in [0, 0.1) is 0 Å². The molecule has 0 bridgehead atoms. The normalized spacial score (nSPS) is 17.0. The van der Waals surface area contributed by atoms with Crippen molar-refractivity contribution in [3.63, 3.8) is 0 Å². The summed E-state index contributed by atoms with van der Waals surface area (Å²) >= 11 is 1.45. The number of halogens is 1. The molecule has 8 heteroatoms. The minimum atomic E-state index is -0.452. The van der Waals surface area contributed by atoms with Crippen molar-refractivity contribution in [3.8, 4) is 0 Å². The van der Waals surface area contributed by atoms with Crippen molar-refractivity contribution in [1.29, 1.82) is 0 Å². The van der Waals surface area contributed by atoms with Crippen molar-refractivity contribution < 1.29 is 9.53 Å². The van der Waals surface area contributed by atoms with Gasteiger partial charge < -0.3 is 15.8 Å². The second kappa shape index (κ2) is 9.32. The lowest BCUT2D eigenvalue weighted by Gasteiger charge is -2.25. The average Bonchev–Trinajstić information content (AvgIpc) is 2.87. The topological polar surface area (TPSA) is 80.5 Å². The Labute approximate surface area is 135 Å². The molecular formula is C13H23ClN4O2S. The maximum Gasteiger partial charge on any atom is 0.243 e. The molecule has 1 saturated heterocycles. The van der Waals surface area contributed by atoms with Crippen LogP contribution in [-0.4, -0.2) is 48.1 Å². The zero-order valence-corrected chi connectivity index (χ0v) is 13.8. The lowest BCUT2D eigenvalue weighted by molar-refractivity contribution is -0.117. The van der Waals surface area contributed by atoms with Gasteiger partial charge in [0, 0.05) is 25.0 Å². The Morgan fingerprint density at radius 2 is 2.29 bits per heavy atom. The van der Waals surface area contributed by atoms with E-state index in [2.05, 4.69) is 15.2 Å². The highest BCUT2D eigenvalue weighted by molar-refractivity contribution is 7.13. The summed E-state index contributed by atoms with van der Waals surface area (Å²) in [4.78, 5) is 18.5. The van der Waals surface area contributed by atoms with Crippen molar-refractivity contribution in [3.05, 3.63) is 11.1 Å². The lowest BCUT2D eigenvalue weighted by atomic mass is 10.2. The van der Waals surface area contributed by atoms with Gasteiger partial charge in [0.25, 0.3) is 0 Å². The van der Waals surface area contributed by atoms with E-state index in [0.717, 1.165) is 45.0 Å². The van der Waals surface area contributed by atoms with Crippen LogP contribution < -0.4 is 11.1 Å². The van der Waals surface area contributed by atoms with Crippen LogP contribution in [0.1, 0.15) is 25.5 Å². The number of hydrogen-bond acceptors (Lipinski definition) is 6. The van der Waals surface area contributed by atoms with Gasteiger partial charge >= 0.3 is 0 Å². The van der Waals surface area contributed by atoms with E-state index in [-0.39, 0.29) is 18.3 Å². The van der Waals surface area contributed by atoms with E-state index >= 15 is 0 Å². The fourth-order valence-corrected chi connectivity index (χ4v) is 2.77. The van der Waals surface area contributed by atoms with Gasteiger partial charge in [-0.15, -0.1) is 23.7 Å². The summed E-state index contributed by atoms with van der Waals surface area (Å²) in [7, 11) is 0. The molecule has 21 heavy (non-hydrogen) atoms. The van der Waals surface area contributed by atoms with Gasteiger partial charge in [0.05, 0.1) is 24.9 Å². The molecule has 1 amide bonds. The molecule has 1 aromatic rings. The first-order chi connectivity index (χ1) is 9.69. The number of morpholine rings is 1. The number of rotatable bonds is 6. The largest absolute Gasteiger partial charge is 0.379 e. The molecule has 3 N–H and O–H groups in total. The summed E-state index contributed by atoms with van der Waals surface area (Å²) in [6.07, 6.45) is 1.59. The fraction of sp³-hybridized carbons (Fsp3) is 0.692. The molecule has 0 radical (unpaired) electrons. The predicted molar refractivity (Wildman–Crippen MR) is 87.0 cm³/mol. The molecule has 0 spiro atoms. The summed E-state index contributed by atoms with van der Waals surface area (Å²) in [6.45, 7) is 6.23. The molecular weight excluding hydrogens is 312 g/mol. The van der Waals surface area contributed by atoms with Crippen LogP contribution in [0.25, 0.3) is 0 Å². The van der Waals surface area contributed by atoms with Gasteiger partial charge in [-0.3, -0.25) is 9.69 Å². The highest BCUT2D eigenvalue weighted by Crippen LogP contribution is 2.17. The molecule has 0 saturated carbocycles. The summed E-state index contributed by atoms with van der Waals surface area (Å²) in [5.41, 5.74) is 6.76. The highest BCUT2D eigenvalue weighted by atomic mass is 35.5. The average molecular weight is 335 g/mol. The number of ether oxygens (including phenoxy) is 1. The minimum absolute atomic E-state index is 0. The summed E-state index contributed by atoms with van der Waals surface area (Å²) in [5, 5.41) is 5.40. The van der Waals surface area contributed by atoms with Gasteiger partial charge in [-0.2, -0.15) is 0 Å². The number of carbonyl (C=O) groups excluding carboxylic acids is 1. The van der Waals surface area contributed by atoms with Crippen LogP contribution in [0.5, 0.6) is 0 Å². The maximum absolute atomic E-state index is 11.8. The third-order valence-electron chi connectivity index (χ3n) is 3.21. The Balaban J connectivity index is 0.00000220. The van der Waals surface area contributed by atoms with E-state index in [1.807, 2.05) is 12.3 Å². The number of hydrogen-bond donors (Lipinski definition) is 2. The number of amides is 1. The highest BCUT2D eigenvalue weighted by Gasteiger charge is 2.16. The third kappa shape index (κ3) is 5.88. The monoisotopic (exact) mass is 334 g/mol. The van der Waals surface area contributed by atoms with E-state index in [1.54, 1.807) is 0 Å². The Morgan fingerprint density at radius 3 is 2.95 bits per heavy atom. The molecule has 120 valence electrons. The standard InChI is InChI=1S/C13H22N4O2S.ClH/c1-2-3-11(14)12(18)16-13-15-10(9-20-13)8-17-4-6-19-7-5-17;/h9,11H,2-8,14H2,1H3,(H,15,16,18);1H. The zero-order chi connectivity index (χ0) is 14.4. The van der Waals surface area contributed by atoms with E-state index in [9.17, 15) is 4.79 Å². The SMILES string of the molecule is CCCC(N)C(=O)Nc1nc(CN2CCOCC2)cs1.Cl. The predicted octanol–water partition coefficient (Wildman–Crippen LogP) is 1.46. The van der Waals surface area contributed by atoms with Crippen LogP contribution in [0.15, 0.2) is 5.38 Å². The molecule has 0 aromatic carbocycles. The Hall–Kier alpha value is -0.730. The van der Waals surface area contributed by atoms with Crippen molar-refractivity contribution in [2.75, 3.05) is 31.6 Å². The molecule has 1 aliphatic rings. The zero-order valence-electron chi connectivity index (χ0n) is 12.2.